The first-order valence-corrected chi connectivity index (χ1v) is 7.08. The van der Waals surface area contributed by atoms with Gasteiger partial charge in [-0.1, -0.05) is 36.4 Å². The van der Waals surface area contributed by atoms with Crippen LogP contribution in [0.4, 0.5) is 5.69 Å². The van der Waals surface area contributed by atoms with E-state index in [1.807, 2.05) is 36.4 Å². The summed E-state index contributed by atoms with van der Waals surface area (Å²) in [5.74, 6) is 0.916. The first-order chi connectivity index (χ1) is 9.90. The minimum absolute atomic E-state index is 0.670. The highest BCUT2D eigenvalue weighted by atomic mass is 16.5. The minimum Gasteiger partial charge on any atom is -0.492 e. The average Bonchev–Trinajstić information content (AvgIpc) is 2.52. The number of para-hydroxylation sites is 2. The number of nitrogens with two attached hydrogens (primary N) is 1. The summed E-state index contributed by atoms with van der Waals surface area (Å²) >= 11 is 0. The first-order valence-electron chi connectivity index (χ1n) is 7.08. The largest absolute Gasteiger partial charge is 0.492 e. The molecule has 3 heteroatoms. The lowest BCUT2D eigenvalue weighted by Gasteiger charge is -2.24. The third-order valence-electron chi connectivity index (χ3n) is 3.13. The van der Waals surface area contributed by atoms with Crippen LogP contribution in [0.3, 0.4) is 0 Å². The lowest BCUT2D eigenvalue weighted by molar-refractivity contribution is 0.323. The van der Waals surface area contributed by atoms with E-state index in [4.69, 9.17) is 10.5 Å². The molecular formula is C17H22N2O. The second-order valence-electron chi connectivity index (χ2n) is 4.63. The highest BCUT2D eigenvalue weighted by Crippen LogP contribution is 2.14. The number of rotatable bonds is 8. The van der Waals surface area contributed by atoms with Crippen molar-refractivity contribution < 1.29 is 4.74 Å². The minimum atomic E-state index is 0.670. The maximum atomic E-state index is 5.77. The fourth-order valence-corrected chi connectivity index (χ4v) is 2.08. The van der Waals surface area contributed by atoms with Crippen molar-refractivity contribution in [3.05, 3.63) is 60.7 Å². The zero-order valence-corrected chi connectivity index (χ0v) is 11.7. The molecule has 0 spiro atoms. The van der Waals surface area contributed by atoms with Crippen LogP contribution in [0.2, 0.25) is 0 Å². The van der Waals surface area contributed by atoms with Gasteiger partial charge >= 0.3 is 0 Å². The van der Waals surface area contributed by atoms with Crippen LogP contribution in [0.15, 0.2) is 60.7 Å². The Labute approximate surface area is 121 Å². The predicted molar refractivity (Wildman–Crippen MR) is 84.3 cm³/mol. The zero-order chi connectivity index (χ0) is 14.0. The number of nitrogens with zero attached hydrogens (tertiary/aromatic N) is 1. The summed E-state index contributed by atoms with van der Waals surface area (Å²) in [6.45, 7) is 3.20. The molecule has 0 aliphatic heterocycles. The van der Waals surface area contributed by atoms with Crippen molar-refractivity contribution in [2.45, 2.75) is 6.42 Å². The Hall–Kier alpha value is -2.00. The molecule has 2 rings (SSSR count). The van der Waals surface area contributed by atoms with Crippen LogP contribution in [0.1, 0.15) is 6.42 Å². The van der Waals surface area contributed by atoms with E-state index in [9.17, 15) is 0 Å². The second-order valence-corrected chi connectivity index (χ2v) is 4.63. The topological polar surface area (TPSA) is 38.5 Å². The van der Waals surface area contributed by atoms with Gasteiger partial charge in [-0.25, -0.2) is 0 Å². The summed E-state index contributed by atoms with van der Waals surface area (Å²) in [4.78, 5) is 2.32. The maximum Gasteiger partial charge on any atom is 0.119 e. The molecule has 0 fully saturated rings. The van der Waals surface area contributed by atoms with Crippen molar-refractivity contribution >= 4 is 5.69 Å². The normalized spacial score (nSPS) is 10.2. The number of hydrogen-bond acceptors (Lipinski definition) is 3. The summed E-state index contributed by atoms with van der Waals surface area (Å²) in [6.07, 6.45) is 0.986. The van der Waals surface area contributed by atoms with Gasteiger partial charge < -0.3 is 15.4 Å². The van der Waals surface area contributed by atoms with E-state index in [0.717, 1.165) is 25.3 Å². The van der Waals surface area contributed by atoms with Crippen LogP contribution >= 0.6 is 0 Å². The van der Waals surface area contributed by atoms with Crippen molar-refractivity contribution in [1.82, 2.24) is 0 Å². The lowest BCUT2D eigenvalue weighted by Crippen LogP contribution is -2.30. The van der Waals surface area contributed by atoms with E-state index in [-0.39, 0.29) is 0 Å². The summed E-state index contributed by atoms with van der Waals surface area (Å²) in [5, 5.41) is 0. The van der Waals surface area contributed by atoms with Crippen molar-refractivity contribution in [1.29, 1.82) is 0 Å². The van der Waals surface area contributed by atoms with Crippen molar-refractivity contribution in [2.24, 2.45) is 5.73 Å². The second kappa shape index (κ2) is 8.23. The molecule has 20 heavy (non-hydrogen) atoms. The van der Waals surface area contributed by atoms with Crippen LogP contribution < -0.4 is 15.4 Å². The van der Waals surface area contributed by atoms with Crippen LogP contribution in [-0.2, 0) is 0 Å². The Morgan fingerprint density at radius 2 is 1.50 bits per heavy atom. The molecule has 0 atom stereocenters. The highest BCUT2D eigenvalue weighted by molar-refractivity contribution is 5.45. The predicted octanol–water partition coefficient (Wildman–Crippen LogP) is 2.92. The first kappa shape index (κ1) is 14.4. The summed E-state index contributed by atoms with van der Waals surface area (Å²) in [7, 11) is 0. The van der Waals surface area contributed by atoms with Crippen LogP contribution in [0, 0.1) is 0 Å². The van der Waals surface area contributed by atoms with E-state index in [0.29, 0.717) is 13.2 Å². The van der Waals surface area contributed by atoms with Gasteiger partial charge in [-0.2, -0.15) is 0 Å². The summed E-state index contributed by atoms with van der Waals surface area (Å²) in [6, 6.07) is 20.3. The van der Waals surface area contributed by atoms with Gasteiger partial charge in [0.05, 0.1) is 6.54 Å². The van der Waals surface area contributed by atoms with Crippen molar-refractivity contribution in [3.8, 4) is 5.75 Å². The molecule has 106 valence electrons. The van der Waals surface area contributed by atoms with Gasteiger partial charge in [-0.15, -0.1) is 0 Å². The monoisotopic (exact) mass is 270 g/mol. The SMILES string of the molecule is NCCCN(CCOc1ccccc1)c1ccccc1. The molecule has 2 aromatic rings. The number of hydrogen-bond donors (Lipinski definition) is 1. The molecule has 0 aliphatic rings. The fraction of sp³-hybridized carbons (Fsp3) is 0.294. The Kier molecular flexibility index (Phi) is 5.93. The molecule has 0 aliphatic carbocycles. The summed E-state index contributed by atoms with van der Waals surface area (Å²) in [5.41, 5.74) is 6.84. The Balaban J connectivity index is 1.88. The number of anilines is 1. The van der Waals surface area contributed by atoms with Crippen LogP contribution in [0.5, 0.6) is 5.75 Å². The van der Waals surface area contributed by atoms with Gasteiger partial charge in [0.2, 0.25) is 0 Å². The average molecular weight is 270 g/mol. The third kappa shape index (κ3) is 4.59. The molecule has 0 heterocycles. The van der Waals surface area contributed by atoms with E-state index in [2.05, 4.69) is 29.2 Å². The lowest BCUT2D eigenvalue weighted by atomic mass is 10.2. The molecule has 0 radical (unpaired) electrons. The maximum absolute atomic E-state index is 5.77. The van der Waals surface area contributed by atoms with Crippen LogP contribution in [0.25, 0.3) is 0 Å². The standard InChI is InChI=1S/C17H22N2O/c18-12-7-13-19(16-8-3-1-4-9-16)14-15-20-17-10-5-2-6-11-17/h1-6,8-11H,7,12-15,18H2. The molecule has 3 nitrogen and oxygen atoms in total. The van der Waals surface area contributed by atoms with Gasteiger partial charge in [0.1, 0.15) is 12.4 Å². The number of ether oxygens (including phenoxy) is 1. The van der Waals surface area contributed by atoms with E-state index >= 15 is 0 Å². The molecule has 2 N–H and O–H groups in total. The molecule has 2 aromatic carbocycles. The van der Waals surface area contributed by atoms with Crippen molar-refractivity contribution in [3.63, 3.8) is 0 Å². The van der Waals surface area contributed by atoms with Gasteiger partial charge in [-0.05, 0) is 37.2 Å². The van der Waals surface area contributed by atoms with Gasteiger partial charge in [0.15, 0.2) is 0 Å². The molecule has 0 saturated heterocycles. The fourth-order valence-electron chi connectivity index (χ4n) is 2.08. The summed E-state index contributed by atoms with van der Waals surface area (Å²) < 4.78 is 5.77. The smallest absolute Gasteiger partial charge is 0.119 e. The number of benzene rings is 2. The Morgan fingerprint density at radius 3 is 2.15 bits per heavy atom. The van der Waals surface area contributed by atoms with Gasteiger partial charge in [0, 0.05) is 12.2 Å². The van der Waals surface area contributed by atoms with Gasteiger partial charge in [-0.3, -0.25) is 0 Å². The zero-order valence-electron chi connectivity index (χ0n) is 11.7. The molecule has 0 amide bonds. The van der Waals surface area contributed by atoms with E-state index < -0.39 is 0 Å². The molecule has 0 bridgehead atoms. The van der Waals surface area contributed by atoms with E-state index in [1.165, 1.54) is 5.69 Å². The molecule has 0 saturated carbocycles. The molecule has 0 aromatic heterocycles. The van der Waals surface area contributed by atoms with E-state index in [1.54, 1.807) is 0 Å². The molecular weight excluding hydrogens is 248 g/mol. The van der Waals surface area contributed by atoms with Crippen molar-refractivity contribution in [2.75, 3.05) is 31.1 Å². The Morgan fingerprint density at radius 1 is 0.850 bits per heavy atom. The van der Waals surface area contributed by atoms with Gasteiger partial charge in [0.25, 0.3) is 0 Å². The Bertz CT molecular complexity index is 473. The van der Waals surface area contributed by atoms with Crippen LogP contribution in [-0.4, -0.2) is 26.2 Å². The third-order valence-corrected chi connectivity index (χ3v) is 3.13. The quantitative estimate of drug-likeness (QED) is 0.801. The molecule has 0 unspecified atom stereocenters. The highest BCUT2D eigenvalue weighted by Gasteiger charge is 2.05.